The smallest absolute Gasteiger partial charge is 0.223 e. The highest BCUT2D eigenvalue weighted by atomic mass is 35.5. The summed E-state index contributed by atoms with van der Waals surface area (Å²) in [5, 5.41) is 17.4. The Balaban J connectivity index is 1.27. The first-order valence-corrected chi connectivity index (χ1v) is 15.8. The highest BCUT2D eigenvalue weighted by molar-refractivity contribution is 7.92. The molecule has 10 nitrogen and oxygen atoms in total. The molecule has 1 aliphatic carbocycles. The van der Waals surface area contributed by atoms with Crippen molar-refractivity contribution in [1.82, 2.24) is 19.4 Å². The number of nitrogens with two attached hydrogens (primary N) is 1. The van der Waals surface area contributed by atoms with E-state index in [2.05, 4.69) is 15.5 Å². The summed E-state index contributed by atoms with van der Waals surface area (Å²) < 4.78 is 28.6. The molecule has 0 spiro atoms. The Bertz CT molecular complexity index is 1830. The molecule has 0 aliphatic heterocycles. The third-order valence-corrected chi connectivity index (χ3v) is 10.5. The lowest BCUT2D eigenvalue weighted by Crippen LogP contribution is -2.35. The number of hydrogen-bond donors (Lipinski definition) is 3. The fourth-order valence-corrected chi connectivity index (χ4v) is 7.91. The fraction of sp³-hybridized carbons (Fsp3) is 0.214. The highest BCUT2D eigenvalue weighted by Crippen LogP contribution is 2.35. The van der Waals surface area contributed by atoms with Gasteiger partial charge < -0.3 is 16.3 Å². The van der Waals surface area contributed by atoms with Gasteiger partial charge in [-0.15, -0.1) is 11.3 Å². The average molecular weight is 608 g/mol. The maximum Gasteiger partial charge on any atom is 0.223 e. The van der Waals surface area contributed by atoms with Crippen molar-refractivity contribution in [2.45, 2.75) is 41.9 Å². The van der Waals surface area contributed by atoms with Crippen LogP contribution in [0, 0.1) is 0 Å². The Kier molecular flexibility index (Phi) is 7.37. The number of anilines is 1. The van der Waals surface area contributed by atoms with Gasteiger partial charge in [-0.05, 0) is 49.6 Å². The van der Waals surface area contributed by atoms with Crippen LogP contribution in [-0.4, -0.2) is 50.1 Å². The number of halogens is 1. The van der Waals surface area contributed by atoms with E-state index in [4.69, 9.17) is 32.5 Å². The van der Waals surface area contributed by atoms with Gasteiger partial charge in [-0.3, -0.25) is 4.40 Å². The van der Waals surface area contributed by atoms with Gasteiger partial charge in [0.2, 0.25) is 5.95 Å². The summed E-state index contributed by atoms with van der Waals surface area (Å²) in [6.45, 7) is 0. The number of fused-ring (bicyclic) bond motifs is 1. The monoisotopic (exact) mass is 607 g/mol. The number of aromatic nitrogens is 4. The van der Waals surface area contributed by atoms with Crippen molar-refractivity contribution in [1.29, 1.82) is 0 Å². The number of sulfone groups is 1. The van der Waals surface area contributed by atoms with Crippen molar-refractivity contribution < 1.29 is 13.6 Å². The quantitative estimate of drug-likeness (QED) is 0.0955. The van der Waals surface area contributed by atoms with Gasteiger partial charge in [0.05, 0.1) is 21.5 Å². The number of amidine groups is 1. The summed E-state index contributed by atoms with van der Waals surface area (Å²) >= 11 is 7.48. The highest BCUT2D eigenvalue weighted by Gasteiger charge is 2.33. The molecule has 1 aliphatic rings. The van der Waals surface area contributed by atoms with Crippen LogP contribution >= 0.6 is 22.9 Å². The van der Waals surface area contributed by atoms with Gasteiger partial charge in [0, 0.05) is 40.0 Å². The van der Waals surface area contributed by atoms with Crippen LogP contribution in [0.3, 0.4) is 0 Å². The first-order valence-electron chi connectivity index (χ1n) is 13.0. The first kappa shape index (κ1) is 27.2. The number of rotatable bonds is 7. The van der Waals surface area contributed by atoms with E-state index in [-0.39, 0.29) is 11.9 Å². The Morgan fingerprint density at radius 1 is 1.10 bits per heavy atom. The molecular weight excluding hydrogens is 582 g/mol. The molecule has 210 valence electrons. The van der Waals surface area contributed by atoms with Crippen LogP contribution in [0.25, 0.3) is 27.6 Å². The van der Waals surface area contributed by atoms with Crippen LogP contribution in [-0.2, 0) is 9.84 Å². The number of nitrogens with one attached hydrogen (secondary N) is 1. The first-order chi connectivity index (χ1) is 19.8. The van der Waals surface area contributed by atoms with Gasteiger partial charge in [0.25, 0.3) is 0 Å². The summed E-state index contributed by atoms with van der Waals surface area (Å²) in [5.74, 6) is 0.454. The Hall–Kier alpha value is -4.00. The molecule has 4 N–H and O–H groups in total. The molecule has 5 aromatic rings. The summed E-state index contributed by atoms with van der Waals surface area (Å²) in [4.78, 5) is 15.2. The van der Waals surface area contributed by atoms with Crippen molar-refractivity contribution in [3.05, 3.63) is 83.0 Å². The zero-order chi connectivity index (χ0) is 28.6. The minimum absolute atomic E-state index is 0.0278. The molecule has 0 bridgehead atoms. The van der Waals surface area contributed by atoms with Crippen LogP contribution in [0.1, 0.15) is 31.2 Å². The zero-order valence-corrected chi connectivity index (χ0v) is 24.1. The summed E-state index contributed by atoms with van der Waals surface area (Å²) in [7, 11) is -3.49. The standard InChI is InChI=1S/C28H26ClN7O3S2/c29-19-8-10-21(11-9-19)41(38,39)22-3-1-2-20(16-22)32-27-31-13-12-23(33-27)25-24(34-28-36(25)14-15-40-28)17-4-6-18(7-5-17)26(30)35-37/h4-15,20,22,37H,1-3,16H2,(H2,30,35)(H,31,32,33)/t20-,22?/m1/s1. The SMILES string of the molecule is N/C(=N\O)c1ccc(-c2nc3sccn3c2-c2ccnc(N[C@@H]3CCCC(S(=O)(=O)c4ccc(Cl)cc4)C3)n2)cc1. The number of thiazole rings is 1. The van der Waals surface area contributed by atoms with E-state index >= 15 is 0 Å². The molecule has 0 saturated heterocycles. The van der Waals surface area contributed by atoms with Gasteiger partial charge in [-0.2, -0.15) is 0 Å². The van der Waals surface area contributed by atoms with E-state index in [0.29, 0.717) is 40.0 Å². The number of imidazole rings is 1. The molecule has 41 heavy (non-hydrogen) atoms. The number of benzene rings is 2. The van der Waals surface area contributed by atoms with E-state index in [1.165, 1.54) is 11.3 Å². The lowest BCUT2D eigenvalue weighted by atomic mass is 9.95. The molecule has 3 aromatic heterocycles. The van der Waals surface area contributed by atoms with E-state index in [1.807, 2.05) is 34.2 Å². The molecule has 2 aromatic carbocycles. The summed E-state index contributed by atoms with van der Waals surface area (Å²) in [6, 6.07) is 15.4. The van der Waals surface area contributed by atoms with Crippen LogP contribution in [0.2, 0.25) is 5.02 Å². The molecule has 13 heteroatoms. The number of nitrogens with zero attached hydrogens (tertiary/aromatic N) is 5. The van der Waals surface area contributed by atoms with Crippen LogP contribution in [0.15, 0.2) is 82.4 Å². The van der Waals surface area contributed by atoms with Gasteiger partial charge in [0.15, 0.2) is 20.6 Å². The predicted molar refractivity (Wildman–Crippen MR) is 160 cm³/mol. The fourth-order valence-electron chi connectivity index (χ4n) is 5.21. The Morgan fingerprint density at radius 2 is 1.88 bits per heavy atom. The average Bonchev–Trinajstić information content (AvgIpc) is 3.59. The predicted octanol–water partition coefficient (Wildman–Crippen LogP) is 5.46. The lowest BCUT2D eigenvalue weighted by Gasteiger charge is -2.29. The second-order valence-corrected chi connectivity index (χ2v) is 13.4. The molecular formula is C28H26ClN7O3S2. The normalized spacial score (nSPS) is 18.0. The van der Waals surface area contributed by atoms with Crippen LogP contribution in [0.4, 0.5) is 5.95 Å². The summed E-state index contributed by atoms with van der Waals surface area (Å²) in [5.41, 5.74) is 9.38. The van der Waals surface area contributed by atoms with Crippen molar-refractivity contribution in [3.63, 3.8) is 0 Å². The maximum absolute atomic E-state index is 13.3. The zero-order valence-electron chi connectivity index (χ0n) is 21.7. The van der Waals surface area contributed by atoms with Gasteiger partial charge in [-0.25, -0.2) is 23.4 Å². The molecule has 0 radical (unpaired) electrons. The second kappa shape index (κ2) is 11.1. The largest absolute Gasteiger partial charge is 0.409 e. The second-order valence-electron chi connectivity index (χ2n) is 9.82. The van der Waals surface area contributed by atoms with E-state index in [0.717, 1.165) is 34.8 Å². The molecule has 1 saturated carbocycles. The van der Waals surface area contributed by atoms with Crippen molar-refractivity contribution in [3.8, 4) is 22.6 Å². The van der Waals surface area contributed by atoms with E-state index in [1.54, 1.807) is 42.6 Å². The number of hydrogen-bond acceptors (Lipinski definition) is 9. The third kappa shape index (κ3) is 5.37. The maximum atomic E-state index is 13.3. The minimum atomic E-state index is -3.49. The van der Waals surface area contributed by atoms with Gasteiger partial charge in [0.1, 0.15) is 5.69 Å². The van der Waals surface area contributed by atoms with Crippen LogP contribution in [0.5, 0.6) is 0 Å². The molecule has 3 heterocycles. The van der Waals surface area contributed by atoms with Gasteiger partial charge >= 0.3 is 0 Å². The molecule has 1 fully saturated rings. The van der Waals surface area contributed by atoms with Gasteiger partial charge in [-0.1, -0.05) is 47.4 Å². The van der Waals surface area contributed by atoms with E-state index in [9.17, 15) is 8.42 Å². The van der Waals surface area contributed by atoms with Crippen molar-refractivity contribution in [2.75, 3.05) is 5.32 Å². The van der Waals surface area contributed by atoms with E-state index < -0.39 is 15.1 Å². The molecule has 2 atom stereocenters. The summed E-state index contributed by atoms with van der Waals surface area (Å²) in [6.07, 6.45) is 6.29. The van der Waals surface area contributed by atoms with Crippen molar-refractivity contribution in [2.24, 2.45) is 10.9 Å². The molecule has 6 rings (SSSR count). The Labute approximate surface area is 245 Å². The third-order valence-electron chi connectivity index (χ3n) is 7.26. The lowest BCUT2D eigenvalue weighted by molar-refractivity contribution is 0.318. The minimum Gasteiger partial charge on any atom is -0.409 e. The van der Waals surface area contributed by atoms with Crippen molar-refractivity contribution >= 4 is 49.5 Å². The Morgan fingerprint density at radius 3 is 2.63 bits per heavy atom. The molecule has 1 unspecified atom stereocenters. The molecule has 0 amide bonds. The topological polar surface area (TPSA) is 148 Å². The number of oxime groups is 1. The van der Waals surface area contributed by atoms with Crippen LogP contribution < -0.4 is 11.1 Å².